The quantitative estimate of drug-likeness (QED) is 0.613. The molecule has 0 spiro atoms. The molecule has 0 aliphatic rings. The number of fused-ring (bicyclic) bond motifs is 1. The number of aromatic hydroxyl groups is 1. The minimum absolute atomic E-state index is 0.0139. The summed E-state index contributed by atoms with van der Waals surface area (Å²) in [5.41, 5.74) is 1.91. The van der Waals surface area contributed by atoms with Crippen LogP contribution >= 0.6 is 10.5 Å². The summed E-state index contributed by atoms with van der Waals surface area (Å²) in [6, 6.07) is 14.9. The van der Waals surface area contributed by atoms with E-state index in [2.05, 4.69) is 47.8 Å². The van der Waals surface area contributed by atoms with E-state index in [1.807, 2.05) is 13.8 Å². The molecule has 1 aromatic heterocycles. The van der Waals surface area contributed by atoms with Gasteiger partial charge in [0.15, 0.2) is 9.60 Å². The molecule has 3 rings (SSSR count). The molecular weight excluding hydrogens is 240 g/mol. The van der Waals surface area contributed by atoms with Crippen LogP contribution in [0, 0.1) is 13.8 Å². The van der Waals surface area contributed by atoms with Gasteiger partial charge in [0.25, 0.3) is 0 Å². The average Bonchev–Trinajstić information content (AvgIpc) is 2.79. The molecule has 1 N–H and O–H groups in total. The lowest BCUT2D eigenvalue weighted by Crippen LogP contribution is -1.81. The first-order chi connectivity index (χ1) is 8.66. The van der Waals surface area contributed by atoms with Crippen LogP contribution in [0.25, 0.3) is 15.0 Å². The van der Waals surface area contributed by atoms with E-state index in [9.17, 15) is 5.11 Å². The Kier molecular flexibility index (Phi) is 2.60. The molecule has 18 heavy (non-hydrogen) atoms. The highest BCUT2D eigenvalue weighted by Crippen LogP contribution is 2.41. The smallest absolute Gasteiger partial charge is 0.186 e. The molecule has 0 aliphatic heterocycles. The van der Waals surface area contributed by atoms with Gasteiger partial charge >= 0.3 is 0 Å². The molecule has 0 bridgehead atoms. The zero-order valence-electron chi connectivity index (χ0n) is 10.5. The van der Waals surface area contributed by atoms with Gasteiger partial charge < -0.3 is 5.11 Å². The molecule has 0 aliphatic carbocycles. The van der Waals surface area contributed by atoms with E-state index in [1.165, 1.54) is 15.0 Å². The van der Waals surface area contributed by atoms with Crippen molar-refractivity contribution in [3.63, 3.8) is 0 Å². The van der Waals surface area contributed by atoms with Crippen LogP contribution in [0.15, 0.2) is 47.8 Å². The van der Waals surface area contributed by atoms with E-state index in [1.54, 1.807) is 0 Å². The molecule has 2 heteroatoms. The van der Waals surface area contributed by atoms with Crippen LogP contribution in [0.2, 0.25) is 0 Å². The molecule has 1 atom stereocenters. The normalized spacial score (nSPS) is 12.0. The molecule has 0 amide bonds. The third-order valence-electron chi connectivity index (χ3n) is 3.26. The Morgan fingerprint density at radius 1 is 0.944 bits per heavy atom. The fourth-order valence-electron chi connectivity index (χ4n) is 2.28. The van der Waals surface area contributed by atoms with Gasteiger partial charge in [-0.3, -0.25) is 0 Å². The van der Waals surface area contributed by atoms with Crippen molar-refractivity contribution < 1.29 is 5.11 Å². The van der Waals surface area contributed by atoms with E-state index >= 15 is 0 Å². The van der Waals surface area contributed by atoms with Gasteiger partial charge in [0, 0.05) is 34.1 Å². The van der Waals surface area contributed by atoms with Crippen LogP contribution in [0.3, 0.4) is 0 Å². The number of thiophene rings is 1. The number of hydrogen-bond acceptors (Lipinski definition) is 1. The van der Waals surface area contributed by atoms with Crippen molar-refractivity contribution in [1.29, 1.82) is 0 Å². The Morgan fingerprint density at radius 3 is 2.33 bits per heavy atom. The van der Waals surface area contributed by atoms with E-state index in [-0.39, 0.29) is 10.5 Å². The summed E-state index contributed by atoms with van der Waals surface area (Å²) in [4.78, 5) is 1.28. The third-order valence-corrected chi connectivity index (χ3v) is 5.26. The van der Waals surface area contributed by atoms with Gasteiger partial charge in [-0.2, -0.15) is 0 Å². The summed E-state index contributed by atoms with van der Waals surface area (Å²) >= 11 is 0. The van der Waals surface area contributed by atoms with Crippen LogP contribution in [-0.2, 0) is 0 Å². The summed E-state index contributed by atoms with van der Waals surface area (Å²) in [5, 5.41) is 13.4. The lowest BCUT2D eigenvalue weighted by molar-refractivity contribution is 0.467. The molecule has 0 saturated carbocycles. The van der Waals surface area contributed by atoms with Gasteiger partial charge in [0.05, 0.1) is 0 Å². The maximum Gasteiger partial charge on any atom is 0.186 e. The van der Waals surface area contributed by atoms with E-state index < -0.39 is 0 Å². The average molecular weight is 255 g/mol. The monoisotopic (exact) mass is 255 g/mol. The molecule has 1 nitrogen and oxygen atoms in total. The molecule has 0 fully saturated rings. The minimum atomic E-state index is 0.0139. The van der Waals surface area contributed by atoms with Crippen molar-refractivity contribution in [2.24, 2.45) is 0 Å². The second-order valence-electron chi connectivity index (χ2n) is 4.58. The topological polar surface area (TPSA) is 20.2 Å². The molecule has 2 aromatic carbocycles. The molecular formula is C16H15OS+. The SMILES string of the molecule is Cc1cc(-[s+]2ccc3ccccc32)cc(C)c1O. The van der Waals surface area contributed by atoms with Gasteiger partial charge in [0.1, 0.15) is 11.1 Å². The number of aryl methyl sites for hydroxylation is 2. The van der Waals surface area contributed by atoms with E-state index in [0.29, 0.717) is 5.75 Å². The summed E-state index contributed by atoms with van der Waals surface area (Å²) in [6.07, 6.45) is 0. The summed E-state index contributed by atoms with van der Waals surface area (Å²) in [7, 11) is 0.0139. The van der Waals surface area contributed by atoms with Crippen molar-refractivity contribution >= 4 is 20.6 Å². The zero-order valence-corrected chi connectivity index (χ0v) is 11.3. The lowest BCUT2D eigenvalue weighted by atomic mass is 10.1. The van der Waals surface area contributed by atoms with Gasteiger partial charge in [0.2, 0.25) is 0 Å². The molecule has 90 valence electrons. The Bertz CT molecular complexity index is 702. The van der Waals surface area contributed by atoms with Gasteiger partial charge in [-0.25, -0.2) is 0 Å². The molecule has 3 aromatic rings. The zero-order chi connectivity index (χ0) is 12.7. The summed E-state index contributed by atoms with van der Waals surface area (Å²) in [6.45, 7) is 3.92. The fraction of sp³-hybridized carbons (Fsp3) is 0.125. The van der Waals surface area contributed by atoms with E-state index in [4.69, 9.17) is 0 Å². The van der Waals surface area contributed by atoms with Crippen molar-refractivity contribution in [2.75, 3.05) is 0 Å². The highest BCUT2D eigenvalue weighted by Gasteiger charge is 2.17. The Morgan fingerprint density at radius 2 is 1.61 bits per heavy atom. The highest BCUT2D eigenvalue weighted by molar-refractivity contribution is 7.43. The van der Waals surface area contributed by atoms with Crippen LogP contribution in [0.4, 0.5) is 0 Å². The number of rotatable bonds is 1. The summed E-state index contributed by atoms with van der Waals surface area (Å²) < 4.78 is 1.38. The largest absolute Gasteiger partial charge is 0.507 e. The van der Waals surface area contributed by atoms with Crippen molar-refractivity contribution in [3.05, 3.63) is 59.0 Å². The molecule has 1 heterocycles. The lowest BCUT2D eigenvalue weighted by Gasteiger charge is -2.02. The predicted molar refractivity (Wildman–Crippen MR) is 78.9 cm³/mol. The Balaban J connectivity index is 2.26. The number of hydrogen-bond donors (Lipinski definition) is 1. The fourth-order valence-corrected chi connectivity index (χ4v) is 4.34. The molecule has 0 saturated heterocycles. The molecule has 0 radical (unpaired) electrons. The van der Waals surface area contributed by atoms with Crippen molar-refractivity contribution in [1.82, 2.24) is 0 Å². The second kappa shape index (κ2) is 4.14. The first-order valence-corrected chi connectivity index (χ1v) is 7.26. The minimum Gasteiger partial charge on any atom is -0.507 e. The van der Waals surface area contributed by atoms with E-state index in [0.717, 1.165) is 11.1 Å². The van der Waals surface area contributed by atoms with Gasteiger partial charge in [-0.15, -0.1) is 0 Å². The number of phenols is 1. The van der Waals surface area contributed by atoms with Gasteiger partial charge in [-0.1, -0.05) is 12.1 Å². The van der Waals surface area contributed by atoms with Crippen LogP contribution < -0.4 is 0 Å². The van der Waals surface area contributed by atoms with Crippen molar-refractivity contribution in [2.45, 2.75) is 13.8 Å². The first-order valence-electron chi connectivity index (χ1n) is 5.97. The molecule has 1 unspecified atom stereocenters. The Hall–Kier alpha value is -1.80. The summed E-state index contributed by atoms with van der Waals surface area (Å²) in [5.74, 6) is 0.416. The van der Waals surface area contributed by atoms with Crippen LogP contribution in [0.5, 0.6) is 5.75 Å². The number of phenolic OH excluding ortho intramolecular Hbond substituents is 1. The first kappa shape index (κ1) is 11.3. The van der Waals surface area contributed by atoms with Gasteiger partial charge in [-0.05, 0) is 37.1 Å². The Labute approximate surface area is 109 Å². The number of benzene rings is 2. The maximum atomic E-state index is 9.85. The second-order valence-corrected chi connectivity index (χ2v) is 6.44. The standard InChI is InChI=1S/C16H14OS/c1-11-9-14(10-12(2)16(11)17)18-8-7-13-5-3-4-6-15(13)18/h3-10H,1-2H3/p+1. The maximum absolute atomic E-state index is 9.85. The van der Waals surface area contributed by atoms with Crippen molar-refractivity contribution in [3.8, 4) is 10.6 Å². The highest BCUT2D eigenvalue weighted by atomic mass is 32.2. The predicted octanol–water partition coefficient (Wildman–Crippen LogP) is 4.90. The third kappa shape index (κ3) is 1.70. The van der Waals surface area contributed by atoms with Crippen LogP contribution in [0.1, 0.15) is 11.1 Å². The van der Waals surface area contributed by atoms with Crippen LogP contribution in [-0.4, -0.2) is 5.11 Å².